The minimum absolute atomic E-state index is 0. The highest BCUT2D eigenvalue weighted by Gasteiger charge is 2.30. The predicted molar refractivity (Wildman–Crippen MR) is 87.5 cm³/mol. The third kappa shape index (κ3) is 7.22. The molecule has 1 aromatic carbocycles. The maximum atomic E-state index is 12.5. The average Bonchev–Trinajstić information content (AvgIpc) is 2.43. The van der Waals surface area contributed by atoms with E-state index in [-0.39, 0.29) is 30.8 Å². The summed E-state index contributed by atoms with van der Waals surface area (Å²) in [6.07, 6.45) is -3.56. The van der Waals surface area contributed by atoms with E-state index < -0.39 is 11.7 Å². The Morgan fingerprint density at radius 1 is 1.22 bits per heavy atom. The summed E-state index contributed by atoms with van der Waals surface area (Å²) in [5.74, 6) is 0.217. The SMILES string of the molecule is CC(C)C(N)CCN(C)C(=O)Cc1ccc(C(F)(F)F)cc1.Cl. The molecule has 0 aliphatic carbocycles. The van der Waals surface area contributed by atoms with Crippen LogP contribution in [0.4, 0.5) is 13.2 Å². The van der Waals surface area contributed by atoms with Crippen LogP contribution in [-0.4, -0.2) is 30.4 Å². The van der Waals surface area contributed by atoms with Gasteiger partial charge in [0.25, 0.3) is 0 Å². The molecule has 0 heterocycles. The van der Waals surface area contributed by atoms with Crippen molar-refractivity contribution >= 4 is 18.3 Å². The van der Waals surface area contributed by atoms with E-state index in [1.54, 1.807) is 11.9 Å². The van der Waals surface area contributed by atoms with Crippen molar-refractivity contribution in [3.8, 4) is 0 Å². The van der Waals surface area contributed by atoms with Gasteiger partial charge in [-0.1, -0.05) is 26.0 Å². The first-order valence-electron chi connectivity index (χ1n) is 7.27. The molecule has 1 aromatic rings. The molecule has 0 spiro atoms. The van der Waals surface area contributed by atoms with Crippen LogP contribution in [0.3, 0.4) is 0 Å². The normalized spacial score (nSPS) is 12.7. The Kier molecular flexibility index (Phi) is 8.63. The monoisotopic (exact) mass is 352 g/mol. The molecule has 1 atom stereocenters. The first kappa shape index (κ1) is 21.7. The lowest BCUT2D eigenvalue weighted by atomic mass is 10.0. The van der Waals surface area contributed by atoms with Gasteiger partial charge in [0.2, 0.25) is 5.91 Å². The molecule has 0 saturated carbocycles. The molecular weight excluding hydrogens is 329 g/mol. The summed E-state index contributed by atoms with van der Waals surface area (Å²) in [5.41, 5.74) is 5.79. The summed E-state index contributed by atoms with van der Waals surface area (Å²) in [5, 5.41) is 0. The van der Waals surface area contributed by atoms with E-state index in [1.807, 2.05) is 13.8 Å². The molecule has 3 nitrogen and oxygen atoms in total. The molecule has 132 valence electrons. The van der Waals surface area contributed by atoms with Gasteiger partial charge in [-0.05, 0) is 30.0 Å². The van der Waals surface area contributed by atoms with E-state index in [2.05, 4.69) is 0 Å². The van der Waals surface area contributed by atoms with Gasteiger partial charge in [0, 0.05) is 19.6 Å². The van der Waals surface area contributed by atoms with E-state index in [0.717, 1.165) is 12.1 Å². The van der Waals surface area contributed by atoms with E-state index in [0.29, 0.717) is 24.4 Å². The lowest BCUT2D eigenvalue weighted by Crippen LogP contribution is -2.35. The number of rotatable bonds is 6. The first-order valence-corrected chi connectivity index (χ1v) is 7.27. The minimum atomic E-state index is -4.35. The van der Waals surface area contributed by atoms with Crippen LogP contribution in [0.1, 0.15) is 31.4 Å². The molecule has 0 radical (unpaired) electrons. The van der Waals surface area contributed by atoms with E-state index in [1.165, 1.54) is 12.1 Å². The molecule has 0 aliphatic rings. The van der Waals surface area contributed by atoms with Crippen LogP contribution < -0.4 is 5.73 Å². The standard InChI is InChI=1S/C16H23F3N2O.ClH/c1-11(2)14(20)8-9-21(3)15(22)10-12-4-6-13(7-5-12)16(17,18)19;/h4-7,11,14H,8-10,20H2,1-3H3;1H. The third-order valence-electron chi connectivity index (χ3n) is 3.72. The molecule has 1 unspecified atom stereocenters. The number of carbonyl (C=O) groups is 1. The molecule has 1 amide bonds. The number of benzene rings is 1. The number of nitrogens with two attached hydrogens (primary N) is 1. The van der Waals surface area contributed by atoms with E-state index in [4.69, 9.17) is 5.73 Å². The number of alkyl halides is 3. The van der Waals surface area contributed by atoms with Gasteiger partial charge in [0.05, 0.1) is 12.0 Å². The molecule has 0 aromatic heterocycles. The highest BCUT2D eigenvalue weighted by atomic mass is 35.5. The lowest BCUT2D eigenvalue weighted by molar-refractivity contribution is -0.137. The third-order valence-corrected chi connectivity index (χ3v) is 3.72. The quantitative estimate of drug-likeness (QED) is 0.851. The minimum Gasteiger partial charge on any atom is -0.345 e. The summed E-state index contributed by atoms with van der Waals surface area (Å²) in [7, 11) is 1.68. The number of carbonyl (C=O) groups excluding carboxylic acids is 1. The van der Waals surface area contributed by atoms with Gasteiger partial charge in [0.15, 0.2) is 0 Å². The Morgan fingerprint density at radius 3 is 2.17 bits per heavy atom. The topological polar surface area (TPSA) is 46.3 Å². The van der Waals surface area contributed by atoms with Crippen molar-refractivity contribution < 1.29 is 18.0 Å². The fraction of sp³-hybridized carbons (Fsp3) is 0.562. The number of amides is 1. The van der Waals surface area contributed by atoms with Crippen molar-refractivity contribution in [1.29, 1.82) is 0 Å². The fourth-order valence-electron chi connectivity index (χ4n) is 1.92. The number of hydrogen-bond acceptors (Lipinski definition) is 2. The summed E-state index contributed by atoms with van der Waals surface area (Å²) >= 11 is 0. The summed E-state index contributed by atoms with van der Waals surface area (Å²) in [4.78, 5) is 13.6. The van der Waals surface area contributed by atoms with E-state index in [9.17, 15) is 18.0 Å². The number of hydrogen-bond donors (Lipinski definition) is 1. The van der Waals surface area contributed by atoms with Crippen LogP contribution in [-0.2, 0) is 17.4 Å². The number of halogens is 4. The van der Waals surface area contributed by atoms with Crippen LogP contribution in [0.25, 0.3) is 0 Å². The van der Waals surface area contributed by atoms with Crippen LogP contribution in [0.15, 0.2) is 24.3 Å². The van der Waals surface area contributed by atoms with Gasteiger partial charge in [-0.3, -0.25) is 4.79 Å². The second-order valence-electron chi connectivity index (χ2n) is 5.88. The smallest absolute Gasteiger partial charge is 0.345 e. The second kappa shape index (κ2) is 9.13. The molecule has 0 bridgehead atoms. The van der Waals surface area contributed by atoms with Crippen molar-refractivity contribution in [3.05, 3.63) is 35.4 Å². The van der Waals surface area contributed by atoms with Crippen molar-refractivity contribution in [1.82, 2.24) is 4.90 Å². The summed E-state index contributed by atoms with van der Waals surface area (Å²) < 4.78 is 37.4. The molecule has 0 aliphatic heterocycles. The zero-order valence-corrected chi connectivity index (χ0v) is 14.4. The Hall–Kier alpha value is -1.27. The van der Waals surface area contributed by atoms with Crippen molar-refractivity contribution in [2.75, 3.05) is 13.6 Å². The number of likely N-dealkylation sites (N-methyl/N-ethyl adjacent to an activating group) is 1. The maximum Gasteiger partial charge on any atom is 0.416 e. The Bertz CT molecular complexity index is 489. The average molecular weight is 353 g/mol. The molecule has 2 N–H and O–H groups in total. The van der Waals surface area contributed by atoms with Crippen molar-refractivity contribution in [2.45, 2.75) is 38.9 Å². The highest BCUT2D eigenvalue weighted by Crippen LogP contribution is 2.29. The highest BCUT2D eigenvalue weighted by molar-refractivity contribution is 5.85. The van der Waals surface area contributed by atoms with Gasteiger partial charge in [-0.2, -0.15) is 13.2 Å². The van der Waals surface area contributed by atoms with Crippen LogP contribution >= 0.6 is 12.4 Å². The largest absolute Gasteiger partial charge is 0.416 e. The molecule has 0 fully saturated rings. The van der Waals surface area contributed by atoms with Gasteiger partial charge in [-0.25, -0.2) is 0 Å². The zero-order valence-electron chi connectivity index (χ0n) is 13.6. The Labute approximate surface area is 141 Å². The molecule has 0 saturated heterocycles. The second-order valence-corrected chi connectivity index (χ2v) is 5.88. The van der Waals surface area contributed by atoms with Crippen LogP contribution in [0, 0.1) is 5.92 Å². The van der Waals surface area contributed by atoms with Gasteiger partial charge < -0.3 is 10.6 Å². The van der Waals surface area contributed by atoms with Gasteiger partial charge in [-0.15, -0.1) is 12.4 Å². The molecule has 1 rings (SSSR count). The van der Waals surface area contributed by atoms with Crippen LogP contribution in [0.2, 0.25) is 0 Å². The van der Waals surface area contributed by atoms with Crippen molar-refractivity contribution in [2.24, 2.45) is 11.7 Å². The molecule has 23 heavy (non-hydrogen) atoms. The summed E-state index contributed by atoms with van der Waals surface area (Å²) in [6.45, 7) is 4.59. The molecular formula is C16H24ClF3N2O. The maximum absolute atomic E-state index is 12.5. The van der Waals surface area contributed by atoms with Crippen molar-refractivity contribution in [3.63, 3.8) is 0 Å². The summed E-state index contributed by atoms with van der Waals surface area (Å²) in [6, 6.07) is 4.71. The molecule has 7 heteroatoms. The Balaban J connectivity index is 0.00000484. The lowest BCUT2D eigenvalue weighted by Gasteiger charge is -2.21. The van der Waals surface area contributed by atoms with E-state index >= 15 is 0 Å². The number of nitrogens with zero attached hydrogens (tertiary/aromatic N) is 1. The fourth-order valence-corrected chi connectivity index (χ4v) is 1.92. The van der Waals surface area contributed by atoms with Gasteiger partial charge >= 0.3 is 6.18 Å². The Morgan fingerprint density at radius 2 is 1.74 bits per heavy atom. The van der Waals surface area contributed by atoms with Gasteiger partial charge in [0.1, 0.15) is 0 Å². The van der Waals surface area contributed by atoms with Crippen LogP contribution in [0.5, 0.6) is 0 Å². The first-order chi connectivity index (χ1) is 10.1. The zero-order chi connectivity index (χ0) is 16.9. The predicted octanol–water partition coefficient (Wildman–Crippen LogP) is 3.50.